The Morgan fingerprint density at radius 2 is 1.88 bits per heavy atom. The minimum atomic E-state index is -0.0972. The molecule has 3 N–H and O–H groups in total. The molecule has 0 radical (unpaired) electrons. The van der Waals surface area contributed by atoms with Gasteiger partial charge in [-0.05, 0) is 18.9 Å². The Morgan fingerprint density at radius 1 is 1.12 bits per heavy atom. The summed E-state index contributed by atoms with van der Waals surface area (Å²) < 4.78 is 10.7. The van der Waals surface area contributed by atoms with Crippen LogP contribution >= 0.6 is 0 Å². The predicted octanol–water partition coefficient (Wildman–Crippen LogP) is 1.08. The van der Waals surface area contributed by atoms with Crippen LogP contribution in [0.2, 0.25) is 0 Å². The maximum atomic E-state index is 11.6. The Kier molecular flexibility index (Phi) is 11.0. The van der Waals surface area contributed by atoms with Crippen LogP contribution in [0.3, 0.4) is 0 Å². The quantitative estimate of drug-likeness (QED) is 0.316. The second-order valence-electron chi connectivity index (χ2n) is 5.47. The molecule has 0 saturated carbocycles. The largest absolute Gasteiger partial charge is 0.383 e. The Morgan fingerprint density at radius 3 is 2.56 bits per heavy atom. The van der Waals surface area contributed by atoms with E-state index in [9.17, 15) is 4.79 Å². The molecule has 0 spiro atoms. The first-order valence-corrected chi connectivity index (χ1v) is 8.54. The van der Waals surface area contributed by atoms with Crippen molar-refractivity contribution in [2.75, 3.05) is 47.0 Å². The van der Waals surface area contributed by atoms with Gasteiger partial charge >= 0.3 is 0 Å². The van der Waals surface area contributed by atoms with E-state index >= 15 is 0 Å². The van der Waals surface area contributed by atoms with Crippen molar-refractivity contribution >= 4 is 11.9 Å². The number of carbonyl (C=O) groups is 1. The molecule has 1 rings (SSSR count). The van der Waals surface area contributed by atoms with Crippen molar-refractivity contribution in [3.8, 4) is 0 Å². The molecule has 0 saturated heterocycles. The number of hydrogen-bond donors (Lipinski definition) is 3. The van der Waals surface area contributed by atoms with Crippen molar-refractivity contribution < 1.29 is 14.3 Å². The van der Waals surface area contributed by atoms with Gasteiger partial charge in [-0.3, -0.25) is 9.79 Å². The summed E-state index contributed by atoms with van der Waals surface area (Å²) >= 11 is 0. The van der Waals surface area contributed by atoms with Crippen molar-refractivity contribution in [1.82, 2.24) is 16.0 Å². The van der Waals surface area contributed by atoms with Crippen LogP contribution in [-0.2, 0) is 14.3 Å². The number of ether oxygens (including phenoxy) is 2. The zero-order chi connectivity index (χ0) is 18.3. The van der Waals surface area contributed by atoms with E-state index < -0.39 is 0 Å². The van der Waals surface area contributed by atoms with Gasteiger partial charge < -0.3 is 25.4 Å². The van der Waals surface area contributed by atoms with Crippen molar-refractivity contribution in [1.29, 1.82) is 0 Å². The number of rotatable bonds is 11. The minimum absolute atomic E-state index is 0.0782. The molecule has 7 heteroatoms. The number of methoxy groups -OCH3 is 1. The average Bonchev–Trinajstić information content (AvgIpc) is 2.64. The molecule has 0 aliphatic carbocycles. The summed E-state index contributed by atoms with van der Waals surface area (Å²) in [4.78, 5) is 15.7. The molecule has 0 bridgehead atoms. The molecule has 1 atom stereocenters. The molecule has 1 amide bonds. The summed E-state index contributed by atoms with van der Waals surface area (Å²) in [6.45, 7) is 4.58. The average molecular weight is 350 g/mol. The lowest BCUT2D eigenvalue weighted by Gasteiger charge is -2.14. The number of benzene rings is 1. The zero-order valence-electron chi connectivity index (χ0n) is 15.4. The lowest BCUT2D eigenvalue weighted by molar-refractivity contribution is -0.120. The summed E-state index contributed by atoms with van der Waals surface area (Å²) in [6, 6.07) is 10.1. The van der Waals surface area contributed by atoms with Crippen molar-refractivity contribution in [2.24, 2.45) is 4.99 Å². The number of guanidine groups is 1. The van der Waals surface area contributed by atoms with Crippen LogP contribution in [0.1, 0.15) is 25.0 Å². The highest BCUT2D eigenvalue weighted by Crippen LogP contribution is 2.15. The normalized spacial score (nSPS) is 12.5. The van der Waals surface area contributed by atoms with Gasteiger partial charge in [-0.15, -0.1) is 0 Å². The van der Waals surface area contributed by atoms with E-state index in [1.165, 1.54) is 5.56 Å². The molecule has 0 fully saturated rings. The van der Waals surface area contributed by atoms with Gasteiger partial charge in [0.15, 0.2) is 5.96 Å². The Labute approximate surface area is 150 Å². The van der Waals surface area contributed by atoms with Gasteiger partial charge in [0.05, 0.1) is 19.3 Å². The van der Waals surface area contributed by atoms with E-state index in [-0.39, 0.29) is 18.6 Å². The predicted molar refractivity (Wildman–Crippen MR) is 99.7 cm³/mol. The summed E-state index contributed by atoms with van der Waals surface area (Å²) in [5.41, 5.74) is 1.17. The van der Waals surface area contributed by atoms with Gasteiger partial charge in [-0.25, -0.2) is 0 Å². The SMILES string of the molecule is CN=C(NCCCOC(C)c1ccccc1)NCC(=O)NCCOC. The van der Waals surface area contributed by atoms with Crippen LogP contribution < -0.4 is 16.0 Å². The monoisotopic (exact) mass is 350 g/mol. The van der Waals surface area contributed by atoms with Gasteiger partial charge in [-0.2, -0.15) is 0 Å². The highest BCUT2D eigenvalue weighted by Gasteiger charge is 2.05. The molecule has 1 unspecified atom stereocenters. The number of nitrogens with zero attached hydrogens (tertiary/aromatic N) is 1. The van der Waals surface area contributed by atoms with Crippen LogP contribution in [0.15, 0.2) is 35.3 Å². The topological polar surface area (TPSA) is 84.0 Å². The van der Waals surface area contributed by atoms with Crippen LogP contribution in [-0.4, -0.2) is 58.9 Å². The Hall–Kier alpha value is -2.12. The zero-order valence-corrected chi connectivity index (χ0v) is 15.4. The minimum Gasteiger partial charge on any atom is -0.383 e. The molecule has 0 heterocycles. The fraction of sp³-hybridized carbons (Fsp3) is 0.556. The first-order valence-electron chi connectivity index (χ1n) is 8.54. The van der Waals surface area contributed by atoms with Crippen LogP contribution in [0.5, 0.6) is 0 Å². The standard InChI is InChI=1S/C18H30N4O3/c1-15(16-8-5-4-6-9-16)25-12-7-10-21-18(19-2)22-14-17(23)20-11-13-24-3/h4-6,8-9,15H,7,10-14H2,1-3H3,(H,20,23)(H2,19,21,22). The van der Waals surface area contributed by atoms with Crippen molar-refractivity contribution in [2.45, 2.75) is 19.4 Å². The van der Waals surface area contributed by atoms with E-state index in [1.807, 2.05) is 25.1 Å². The highest BCUT2D eigenvalue weighted by atomic mass is 16.5. The molecular weight excluding hydrogens is 320 g/mol. The van der Waals surface area contributed by atoms with E-state index in [0.29, 0.717) is 32.3 Å². The maximum Gasteiger partial charge on any atom is 0.239 e. The summed E-state index contributed by atoms with van der Waals surface area (Å²) in [5, 5.41) is 8.86. The maximum absolute atomic E-state index is 11.6. The first kappa shape index (κ1) is 20.9. The smallest absolute Gasteiger partial charge is 0.239 e. The van der Waals surface area contributed by atoms with E-state index in [4.69, 9.17) is 9.47 Å². The van der Waals surface area contributed by atoms with Gasteiger partial charge in [0.1, 0.15) is 0 Å². The van der Waals surface area contributed by atoms with E-state index in [1.54, 1.807) is 14.2 Å². The Bertz CT molecular complexity index is 508. The van der Waals surface area contributed by atoms with Crippen LogP contribution in [0, 0.1) is 0 Å². The van der Waals surface area contributed by atoms with E-state index in [2.05, 4.69) is 33.1 Å². The number of hydrogen-bond acceptors (Lipinski definition) is 4. The van der Waals surface area contributed by atoms with Gasteiger partial charge in [-0.1, -0.05) is 30.3 Å². The molecule has 0 aliphatic rings. The summed E-state index contributed by atoms with van der Waals surface area (Å²) in [7, 11) is 3.27. The van der Waals surface area contributed by atoms with Gasteiger partial charge in [0.2, 0.25) is 5.91 Å². The van der Waals surface area contributed by atoms with Crippen molar-refractivity contribution in [3.63, 3.8) is 0 Å². The third-order valence-corrected chi connectivity index (χ3v) is 3.52. The molecule has 0 aliphatic heterocycles. The summed E-state index contributed by atoms with van der Waals surface area (Å²) in [6.07, 6.45) is 0.923. The molecular formula is C18H30N4O3. The second-order valence-corrected chi connectivity index (χ2v) is 5.47. The lowest BCUT2D eigenvalue weighted by atomic mass is 10.1. The number of nitrogens with one attached hydrogen (secondary N) is 3. The fourth-order valence-electron chi connectivity index (χ4n) is 2.10. The van der Waals surface area contributed by atoms with Crippen LogP contribution in [0.4, 0.5) is 0 Å². The molecule has 7 nitrogen and oxygen atoms in total. The highest BCUT2D eigenvalue weighted by molar-refractivity contribution is 5.86. The fourth-order valence-corrected chi connectivity index (χ4v) is 2.10. The number of aliphatic imine (C=N–C) groups is 1. The third kappa shape index (κ3) is 9.69. The molecule has 140 valence electrons. The van der Waals surface area contributed by atoms with E-state index in [0.717, 1.165) is 6.42 Å². The molecule has 0 aromatic heterocycles. The number of amides is 1. The second kappa shape index (κ2) is 13.2. The molecule has 1 aromatic rings. The van der Waals surface area contributed by atoms with Crippen molar-refractivity contribution in [3.05, 3.63) is 35.9 Å². The van der Waals surface area contributed by atoms with Gasteiger partial charge in [0.25, 0.3) is 0 Å². The third-order valence-electron chi connectivity index (χ3n) is 3.52. The molecule has 1 aromatic carbocycles. The van der Waals surface area contributed by atoms with Crippen LogP contribution in [0.25, 0.3) is 0 Å². The Balaban J connectivity index is 2.11. The summed E-state index contributed by atoms with van der Waals surface area (Å²) in [5.74, 6) is 0.498. The number of carbonyl (C=O) groups excluding carboxylic acids is 1. The molecule has 25 heavy (non-hydrogen) atoms. The van der Waals surface area contributed by atoms with Gasteiger partial charge in [0, 0.05) is 33.9 Å². The first-order chi connectivity index (χ1) is 12.2. The lowest BCUT2D eigenvalue weighted by Crippen LogP contribution is -2.44.